The molecule has 2 aliphatic carbocycles. The summed E-state index contributed by atoms with van der Waals surface area (Å²) in [4.78, 5) is 53.0. The molecule has 294 valence electrons. The molecule has 2 aromatic carbocycles. The van der Waals surface area contributed by atoms with Crippen LogP contribution in [0, 0.1) is 5.92 Å². The van der Waals surface area contributed by atoms with Gasteiger partial charge in [-0.1, -0.05) is 47.5 Å². The minimum absolute atomic E-state index is 0.00352. The number of sulfonamides is 1. The number of pyridine rings is 1. The summed E-state index contributed by atoms with van der Waals surface area (Å²) in [5.74, 6) is -1.85. The molecule has 3 fully saturated rings. The Hall–Kier alpha value is -4.41. The highest BCUT2D eigenvalue weighted by Crippen LogP contribution is 2.46. The van der Waals surface area contributed by atoms with Gasteiger partial charge in [-0.3, -0.25) is 19.1 Å². The van der Waals surface area contributed by atoms with Crippen LogP contribution in [-0.4, -0.2) is 83.6 Å². The molecule has 0 bridgehead atoms. The number of methoxy groups -OCH3 is 1. The van der Waals surface area contributed by atoms with Gasteiger partial charge in [0.05, 0.1) is 35.8 Å². The highest BCUT2D eigenvalue weighted by Gasteiger charge is 2.62. The molecule has 7 rings (SSSR count). The van der Waals surface area contributed by atoms with Crippen LogP contribution >= 0.6 is 46.1 Å². The average molecular weight is 860 g/mol. The largest absolute Gasteiger partial charge is 0.494 e. The van der Waals surface area contributed by atoms with Gasteiger partial charge in [0.2, 0.25) is 27.7 Å². The van der Waals surface area contributed by atoms with Gasteiger partial charge in [0, 0.05) is 44.1 Å². The van der Waals surface area contributed by atoms with Crippen LogP contribution in [-0.2, 0) is 24.4 Å². The molecule has 0 radical (unpaired) electrons. The van der Waals surface area contributed by atoms with Crippen molar-refractivity contribution in [2.45, 2.75) is 61.6 Å². The standard InChI is InChI=1S/C38H37Cl3N6O7S2/c1-5-20-15-38(20,36(50)46-56(51,52)24-8-9-24)45-33(48)30-14-23(54-34-27-12-21(39)6-10-25(27)31(53-4)16-42-34)17-47(30)35(49)32(19(2)3)44-37-43-29(18-55-37)26-11-7-22(40)13-28(26)41/h5-7,10-13,16,18,20,23-24,30,32H,1-2,8-9,14-15,17H2,3-4H3,(H,43,44)(H,45,48)(H,46,50)/t20-,23-,30+,32+,38-/m1/s1. The third-order valence-corrected chi connectivity index (χ3v) is 13.5. The molecule has 3 N–H and O–H groups in total. The third-order valence-electron chi connectivity index (χ3n) is 10.1. The number of ether oxygens (including phenoxy) is 2. The van der Waals surface area contributed by atoms with Crippen LogP contribution in [0.25, 0.3) is 22.0 Å². The number of aromatic nitrogens is 2. The first-order chi connectivity index (χ1) is 26.6. The quantitative estimate of drug-likeness (QED) is 0.121. The summed E-state index contributed by atoms with van der Waals surface area (Å²) in [5.41, 5.74) is 0.0845. The molecule has 2 saturated carbocycles. The van der Waals surface area contributed by atoms with Crippen LogP contribution in [0.2, 0.25) is 15.1 Å². The summed E-state index contributed by atoms with van der Waals surface area (Å²) in [7, 11) is -2.39. The lowest BCUT2D eigenvalue weighted by molar-refractivity contribution is -0.139. The number of hydrogen-bond donors (Lipinski definition) is 3. The third kappa shape index (κ3) is 7.92. The van der Waals surface area contributed by atoms with Gasteiger partial charge >= 0.3 is 0 Å². The zero-order valence-corrected chi connectivity index (χ0v) is 34.1. The van der Waals surface area contributed by atoms with Crippen LogP contribution in [0.3, 0.4) is 0 Å². The van der Waals surface area contributed by atoms with Crippen LogP contribution < -0.4 is 24.8 Å². The first kappa shape index (κ1) is 39.8. The van der Waals surface area contributed by atoms with Crippen LogP contribution in [0.15, 0.2) is 72.8 Å². The lowest BCUT2D eigenvalue weighted by Gasteiger charge is -2.30. The Morgan fingerprint density at radius 2 is 1.84 bits per heavy atom. The van der Waals surface area contributed by atoms with Gasteiger partial charge in [-0.2, -0.15) is 0 Å². The van der Waals surface area contributed by atoms with E-state index in [0.717, 1.165) is 0 Å². The van der Waals surface area contributed by atoms with Gasteiger partial charge in [0.15, 0.2) is 5.13 Å². The Morgan fingerprint density at radius 3 is 2.50 bits per heavy atom. The van der Waals surface area contributed by atoms with E-state index in [9.17, 15) is 22.8 Å². The zero-order valence-electron chi connectivity index (χ0n) is 30.2. The van der Waals surface area contributed by atoms with E-state index in [1.165, 1.54) is 35.6 Å². The fourth-order valence-electron chi connectivity index (χ4n) is 6.82. The molecular formula is C38H37Cl3N6O7S2. The molecule has 1 saturated heterocycles. The van der Waals surface area contributed by atoms with Crippen molar-refractivity contribution in [3.05, 3.63) is 87.9 Å². The number of amides is 3. The van der Waals surface area contributed by atoms with Crippen molar-refractivity contribution in [2.75, 3.05) is 19.0 Å². The van der Waals surface area contributed by atoms with E-state index in [2.05, 4.69) is 38.5 Å². The summed E-state index contributed by atoms with van der Waals surface area (Å²) in [6, 6.07) is 8.04. The van der Waals surface area contributed by atoms with Crippen molar-refractivity contribution in [3.63, 3.8) is 0 Å². The number of benzene rings is 2. The highest BCUT2D eigenvalue weighted by atomic mass is 35.5. The van der Waals surface area contributed by atoms with Crippen LogP contribution in [0.5, 0.6) is 11.6 Å². The van der Waals surface area contributed by atoms with Crippen molar-refractivity contribution in [1.82, 2.24) is 24.9 Å². The number of rotatable bonds is 14. The minimum Gasteiger partial charge on any atom is -0.494 e. The van der Waals surface area contributed by atoms with Crippen LogP contribution in [0.1, 0.15) is 32.6 Å². The van der Waals surface area contributed by atoms with E-state index in [0.29, 0.717) is 66.4 Å². The average Bonchev–Trinajstić information content (AvgIpc) is 4.04. The normalized spacial score (nSPS) is 22.2. The molecule has 3 aliphatic rings. The first-order valence-corrected chi connectivity index (χ1v) is 21.1. The number of fused-ring (bicyclic) bond motifs is 1. The number of likely N-dealkylation sites (tertiary alicyclic amines) is 1. The Balaban J connectivity index is 1.18. The smallest absolute Gasteiger partial charge is 0.259 e. The molecule has 13 nitrogen and oxygen atoms in total. The Kier molecular flexibility index (Phi) is 11.0. The molecule has 0 spiro atoms. The summed E-state index contributed by atoms with van der Waals surface area (Å²) >= 11 is 20.1. The van der Waals surface area contributed by atoms with Gasteiger partial charge in [-0.15, -0.1) is 17.9 Å². The summed E-state index contributed by atoms with van der Waals surface area (Å²) in [6.45, 7) is 9.46. The molecule has 3 heterocycles. The maximum atomic E-state index is 14.6. The summed E-state index contributed by atoms with van der Waals surface area (Å²) in [6.07, 6.45) is 3.30. The number of halogens is 3. The van der Waals surface area contributed by atoms with Crippen molar-refractivity contribution in [3.8, 4) is 22.9 Å². The second-order valence-corrected chi connectivity index (χ2v) is 18.2. The van der Waals surface area contributed by atoms with E-state index >= 15 is 0 Å². The van der Waals surface area contributed by atoms with Crippen molar-refractivity contribution in [2.24, 2.45) is 5.92 Å². The molecular weight excluding hydrogens is 823 g/mol. The fraction of sp³-hybridized carbons (Fsp3) is 0.342. The number of carbonyl (C=O) groups is 3. The van der Waals surface area contributed by atoms with E-state index in [-0.39, 0.29) is 25.3 Å². The number of anilines is 1. The summed E-state index contributed by atoms with van der Waals surface area (Å²) in [5, 5.41) is 10.1. The van der Waals surface area contributed by atoms with Crippen molar-refractivity contribution in [1.29, 1.82) is 0 Å². The lowest BCUT2D eigenvalue weighted by Crippen LogP contribution is -2.57. The monoisotopic (exact) mass is 858 g/mol. The van der Waals surface area contributed by atoms with Crippen molar-refractivity contribution >= 4 is 89.8 Å². The SMILES string of the molecule is C=C[C@@H]1C[C@]1(NC(=O)[C@@H]1C[C@@H](Oc2ncc(OC)c3ccc(Cl)cc23)CN1C(=O)[C@@H](Nc1nc(-c2ccc(Cl)cc2Cl)cs1)C(=C)C)C(=O)NS(=O)(=O)C1CC1. The molecule has 2 aromatic heterocycles. The fourth-order valence-corrected chi connectivity index (χ4v) is 9.60. The van der Waals surface area contributed by atoms with Gasteiger partial charge in [0.1, 0.15) is 29.5 Å². The second kappa shape index (κ2) is 15.5. The Bertz CT molecular complexity index is 2390. The molecule has 18 heteroatoms. The van der Waals surface area contributed by atoms with E-state index < -0.39 is 62.6 Å². The van der Waals surface area contributed by atoms with E-state index in [1.807, 2.05) is 0 Å². The number of nitrogens with zero attached hydrogens (tertiary/aromatic N) is 3. The molecule has 0 unspecified atom stereocenters. The zero-order chi connectivity index (χ0) is 40.1. The molecule has 3 amide bonds. The predicted octanol–water partition coefficient (Wildman–Crippen LogP) is 6.40. The van der Waals surface area contributed by atoms with Gasteiger partial charge in [-0.25, -0.2) is 18.4 Å². The lowest BCUT2D eigenvalue weighted by atomic mass is 10.1. The minimum atomic E-state index is -3.91. The molecule has 4 aromatic rings. The highest BCUT2D eigenvalue weighted by molar-refractivity contribution is 7.91. The number of hydrogen-bond acceptors (Lipinski definition) is 11. The number of thiazole rings is 1. The Morgan fingerprint density at radius 1 is 1.11 bits per heavy atom. The van der Waals surface area contributed by atoms with Gasteiger partial charge < -0.3 is 25.0 Å². The Labute approximate surface area is 342 Å². The van der Waals surface area contributed by atoms with Gasteiger partial charge in [0.25, 0.3) is 5.91 Å². The number of carbonyl (C=O) groups excluding carboxylic acids is 3. The topological polar surface area (TPSA) is 169 Å². The van der Waals surface area contributed by atoms with Gasteiger partial charge in [-0.05, 0) is 68.2 Å². The second-order valence-electron chi connectivity index (χ2n) is 14.1. The maximum Gasteiger partial charge on any atom is 0.259 e. The van der Waals surface area contributed by atoms with E-state index in [1.54, 1.807) is 48.7 Å². The van der Waals surface area contributed by atoms with E-state index in [4.69, 9.17) is 44.3 Å². The molecule has 56 heavy (non-hydrogen) atoms. The molecule has 1 aliphatic heterocycles. The molecule has 5 atom stereocenters. The number of nitrogens with one attached hydrogen (secondary N) is 3. The maximum absolute atomic E-state index is 14.6. The van der Waals surface area contributed by atoms with Crippen LogP contribution in [0.4, 0.5) is 5.13 Å². The van der Waals surface area contributed by atoms with Crippen molar-refractivity contribution < 1.29 is 32.3 Å². The first-order valence-electron chi connectivity index (χ1n) is 17.6. The summed E-state index contributed by atoms with van der Waals surface area (Å²) < 4.78 is 39.5. The predicted molar refractivity (Wildman–Crippen MR) is 217 cm³/mol.